The van der Waals surface area contributed by atoms with E-state index in [1.165, 1.54) is 0 Å². The van der Waals surface area contributed by atoms with Crippen molar-refractivity contribution in [3.63, 3.8) is 0 Å². The normalized spacial score (nSPS) is 10.6. The van der Waals surface area contributed by atoms with E-state index < -0.39 is 5.97 Å². The molecule has 2 aromatic carbocycles. The maximum Gasteiger partial charge on any atom is 0.306 e. The minimum atomic E-state index is -0.524. The average molecular weight is 405 g/mol. The number of hydrogen-bond donors (Lipinski definition) is 0. The van der Waals surface area contributed by atoms with Gasteiger partial charge in [0.05, 0.1) is 6.42 Å². The molecular weight excluding hydrogens is 391 g/mol. The first kappa shape index (κ1) is 19.1. The lowest BCUT2D eigenvalue weighted by atomic mass is 10.1. The van der Waals surface area contributed by atoms with E-state index in [1.807, 2.05) is 0 Å². The van der Waals surface area contributed by atoms with E-state index in [0.29, 0.717) is 27.1 Å². The summed E-state index contributed by atoms with van der Waals surface area (Å²) in [6.07, 6.45) is -0.0000375. The summed E-state index contributed by atoms with van der Waals surface area (Å²) in [4.78, 5) is 23.8. The zero-order valence-electron chi connectivity index (χ0n) is 14.0. The highest BCUT2D eigenvalue weighted by Gasteiger charge is 2.13. The Bertz CT molecular complexity index is 937. The van der Waals surface area contributed by atoms with E-state index in [1.54, 1.807) is 48.5 Å². The van der Waals surface area contributed by atoms with E-state index in [9.17, 15) is 9.59 Å². The third-order valence-corrected chi connectivity index (χ3v) is 4.14. The second kappa shape index (κ2) is 8.79. The van der Waals surface area contributed by atoms with Crippen molar-refractivity contribution in [1.82, 2.24) is 10.2 Å². The van der Waals surface area contributed by atoms with Crippen molar-refractivity contribution in [1.29, 1.82) is 0 Å². The summed E-state index contributed by atoms with van der Waals surface area (Å²) in [6.45, 7) is -0.158. The first-order chi connectivity index (χ1) is 13.0. The highest BCUT2D eigenvalue weighted by Crippen LogP contribution is 2.20. The Balaban J connectivity index is 1.47. The molecule has 0 unspecified atom stereocenters. The van der Waals surface area contributed by atoms with Gasteiger partial charge in [-0.15, -0.1) is 10.2 Å². The van der Waals surface area contributed by atoms with Crippen molar-refractivity contribution in [2.24, 2.45) is 0 Å². The van der Waals surface area contributed by atoms with Crippen LogP contribution >= 0.6 is 23.2 Å². The summed E-state index contributed by atoms with van der Waals surface area (Å²) < 4.78 is 10.5. The van der Waals surface area contributed by atoms with Gasteiger partial charge in [-0.05, 0) is 48.5 Å². The molecule has 0 fully saturated rings. The van der Waals surface area contributed by atoms with Gasteiger partial charge in [0.25, 0.3) is 5.89 Å². The van der Waals surface area contributed by atoms with Crippen LogP contribution in [0.2, 0.25) is 10.0 Å². The van der Waals surface area contributed by atoms with Crippen LogP contribution in [0.3, 0.4) is 0 Å². The van der Waals surface area contributed by atoms with Crippen LogP contribution in [0.1, 0.15) is 29.1 Å². The summed E-state index contributed by atoms with van der Waals surface area (Å²) >= 11 is 11.6. The minimum Gasteiger partial charge on any atom is -0.456 e. The topological polar surface area (TPSA) is 82.3 Å². The maximum atomic E-state index is 12.0. The van der Waals surface area contributed by atoms with Crippen LogP contribution in [0.4, 0.5) is 0 Å². The van der Waals surface area contributed by atoms with Crippen molar-refractivity contribution in [2.75, 3.05) is 0 Å². The fraction of sp³-hybridized carbons (Fsp3) is 0.158. The highest BCUT2D eigenvalue weighted by molar-refractivity contribution is 6.30. The Hall–Kier alpha value is -2.70. The lowest BCUT2D eigenvalue weighted by molar-refractivity contribution is -0.145. The first-order valence-corrected chi connectivity index (χ1v) is 8.79. The number of aromatic nitrogens is 2. The zero-order valence-corrected chi connectivity index (χ0v) is 15.5. The predicted molar refractivity (Wildman–Crippen MR) is 99.6 cm³/mol. The van der Waals surface area contributed by atoms with Crippen LogP contribution in [-0.2, 0) is 16.1 Å². The standard InChI is InChI=1S/C19H14Cl2N2O4/c20-14-5-1-12(2-6-14)16(24)9-10-18(25)26-11-17-22-23-19(27-17)13-3-7-15(21)8-4-13/h1-8H,9-11H2. The molecule has 0 N–H and O–H groups in total. The molecule has 0 aliphatic carbocycles. The number of carbonyl (C=O) groups excluding carboxylic acids is 2. The molecule has 0 aliphatic rings. The van der Waals surface area contributed by atoms with Crippen molar-refractivity contribution < 1.29 is 18.7 Å². The van der Waals surface area contributed by atoms with Crippen LogP contribution in [0.15, 0.2) is 52.9 Å². The molecule has 1 heterocycles. The van der Waals surface area contributed by atoms with Gasteiger partial charge in [-0.3, -0.25) is 9.59 Å². The predicted octanol–water partition coefficient (Wildman–Crippen LogP) is 4.75. The van der Waals surface area contributed by atoms with Gasteiger partial charge in [-0.25, -0.2) is 0 Å². The number of esters is 1. The quantitative estimate of drug-likeness (QED) is 0.417. The molecule has 0 saturated heterocycles. The van der Waals surface area contributed by atoms with Crippen molar-refractivity contribution in [2.45, 2.75) is 19.4 Å². The van der Waals surface area contributed by atoms with Crippen LogP contribution < -0.4 is 0 Å². The van der Waals surface area contributed by atoms with Gasteiger partial charge >= 0.3 is 5.97 Å². The van der Waals surface area contributed by atoms with Crippen LogP contribution in [0.5, 0.6) is 0 Å². The van der Waals surface area contributed by atoms with Gasteiger partial charge in [0, 0.05) is 27.6 Å². The van der Waals surface area contributed by atoms with Crippen LogP contribution in [0, 0.1) is 0 Å². The van der Waals surface area contributed by atoms with Gasteiger partial charge in [-0.1, -0.05) is 23.2 Å². The first-order valence-electron chi connectivity index (χ1n) is 8.04. The Kier molecular flexibility index (Phi) is 6.21. The van der Waals surface area contributed by atoms with Crippen LogP contribution in [0.25, 0.3) is 11.5 Å². The molecule has 3 aromatic rings. The Morgan fingerprint density at radius 1 is 0.889 bits per heavy atom. The number of halogens is 2. The highest BCUT2D eigenvalue weighted by atomic mass is 35.5. The van der Waals surface area contributed by atoms with E-state index >= 15 is 0 Å². The molecule has 0 saturated carbocycles. The maximum absolute atomic E-state index is 12.0. The summed E-state index contributed by atoms with van der Waals surface area (Å²) in [7, 11) is 0. The molecule has 0 spiro atoms. The fourth-order valence-electron chi connectivity index (χ4n) is 2.23. The summed E-state index contributed by atoms with van der Waals surface area (Å²) in [6, 6.07) is 13.4. The lowest BCUT2D eigenvalue weighted by Crippen LogP contribution is -2.08. The number of Topliss-reactive ketones (excluding diaryl/α,β-unsaturated/α-hetero) is 1. The molecule has 0 amide bonds. The van der Waals surface area contributed by atoms with Gasteiger partial charge in [0.15, 0.2) is 12.4 Å². The summed E-state index contributed by atoms with van der Waals surface area (Å²) in [5.41, 5.74) is 1.20. The number of carbonyl (C=O) groups is 2. The number of rotatable bonds is 7. The molecule has 0 aliphatic heterocycles. The molecule has 0 atom stereocenters. The minimum absolute atomic E-state index is 0.0420. The van der Waals surface area contributed by atoms with Gasteiger partial charge in [0.2, 0.25) is 5.89 Å². The summed E-state index contributed by atoms with van der Waals surface area (Å²) in [5, 5.41) is 8.87. The molecular formula is C19H14Cl2N2O4. The molecule has 0 radical (unpaired) electrons. The van der Waals surface area contributed by atoms with E-state index in [-0.39, 0.29) is 31.1 Å². The Morgan fingerprint density at radius 3 is 2.19 bits per heavy atom. The molecule has 138 valence electrons. The number of ether oxygens (including phenoxy) is 1. The van der Waals surface area contributed by atoms with E-state index in [0.717, 1.165) is 0 Å². The smallest absolute Gasteiger partial charge is 0.306 e. The third kappa shape index (κ3) is 5.39. The molecule has 8 heteroatoms. The van der Waals surface area contributed by atoms with E-state index in [2.05, 4.69) is 10.2 Å². The molecule has 27 heavy (non-hydrogen) atoms. The van der Waals surface area contributed by atoms with Crippen molar-refractivity contribution in [3.8, 4) is 11.5 Å². The molecule has 6 nitrogen and oxygen atoms in total. The second-order valence-corrected chi connectivity index (χ2v) is 6.47. The van der Waals surface area contributed by atoms with Crippen LogP contribution in [-0.4, -0.2) is 21.9 Å². The van der Waals surface area contributed by atoms with Gasteiger partial charge < -0.3 is 9.15 Å². The lowest BCUT2D eigenvalue weighted by Gasteiger charge is -2.02. The number of ketones is 1. The Morgan fingerprint density at radius 2 is 1.52 bits per heavy atom. The monoisotopic (exact) mass is 404 g/mol. The van der Waals surface area contributed by atoms with Crippen molar-refractivity contribution in [3.05, 3.63) is 70.0 Å². The zero-order chi connectivity index (χ0) is 19.2. The largest absolute Gasteiger partial charge is 0.456 e. The van der Waals surface area contributed by atoms with Crippen molar-refractivity contribution >= 4 is 35.0 Å². The SMILES string of the molecule is O=C(CCC(=O)c1ccc(Cl)cc1)OCc1nnc(-c2ccc(Cl)cc2)o1. The second-order valence-electron chi connectivity index (χ2n) is 5.60. The van der Waals surface area contributed by atoms with E-state index in [4.69, 9.17) is 32.4 Å². The number of hydrogen-bond acceptors (Lipinski definition) is 6. The molecule has 0 bridgehead atoms. The van der Waals surface area contributed by atoms with Gasteiger partial charge in [-0.2, -0.15) is 0 Å². The molecule has 1 aromatic heterocycles. The number of nitrogens with zero attached hydrogens (tertiary/aromatic N) is 2. The Labute approximate surface area is 165 Å². The third-order valence-electron chi connectivity index (χ3n) is 3.64. The molecule has 3 rings (SSSR count). The fourth-order valence-corrected chi connectivity index (χ4v) is 2.48. The van der Waals surface area contributed by atoms with Gasteiger partial charge in [0.1, 0.15) is 0 Å². The summed E-state index contributed by atoms with van der Waals surface area (Å²) in [5.74, 6) is -0.219. The average Bonchev–Trinajstić information content (AvgIpc) is 3.14. The number of benzene rings is 2.